The minimum atomic E-state index is -0.338. The van der Waals surface area contributed by atoms with Gasteiger partial charge >= 0.3 is 0 Å². The summed E-state index contributed by atoms with van der Waals surface area (Å²) in [6.45, 7) is 0. The number of methoxy groups -OCH3 is 3. The Kier molecular flexibility index (Phi) is 4.87. The van der Waals surface area contributed by atoms with Gasteiger partial charge in [0.05, 0.1) is 27.5 Å². The van der Waals surface area contributed by atoms with Crippen molar-refractivity contribution in [3.63, 3.8) is 0 Å². The average molecular weight is 344 g/mol. The molecule has 0 atom stereocenters. The molecule has 0 spiro atoms. The zero-order valence-corrected chi connectivity index (χ0v) is 14.4. The van der Waals surface area contributed by atoms with Crippen molar-refractivity contribution in [2.75, 3.05) is 21.3 Å². The quantitative estimate of drug-likeness (QED) is 0.614. The van der Waals surface area contributed by atoms with Gasteiger partial charge in [-0.1, -0.05) is 0 Å². The van der Waals surface area contributed by atoms with Crippen LogP contribution in [-0.2, 0) is 12.8 Å². The number of fused-ring (bicyclic) bond motifs is 1. The van der Waals surface area contributed by atoms with Crippen LogP contribution in [0, 0.1) is 0 Å². The number of nitrogens with one attached hydrogen (secondary N) is 2. The summed E-state index contributed by atoms with van der Waals surface area (Å²) in [6.07, 6.45) is 4.32. The molecule has 8 nitrogen and oxygen atoms in total. The summed E-state index contributed by atoms with van der Waals surface area (Å²) < 4.78 is 15.9. The Bertz CT molecular complexity index is 813. The number of hydrazone groups is 1. The predicted molar refractivity (Wildman–Crippen MR) is 91.8 cm³/mol. The Hall–Kier alpha value is -3.03. The van der Waals surface area contributed by atoms with Crippen molar-refractivity contribution in [1.82, 2.24) is 15.6 Å². The summed E-state index contributed by atoms with van der Waals surface area (Å²) in [5, 5.41) is 11.0. The Morgan fingerprint density at radius 2 is 2.00 bits per heavy atom. The maximum Gasteiger partial charge on any atom is 0.292 e. The van der Waals surface area contributed by atoms with Gasteiger partial charge in [-0.25, -0.2) is 5.43 Å². The summed E-state index contributed by atoms with van der Waals surface area (Å²) >= 11 is 0. The van der Waals surface area contributed by atoms with Crippen LogP contribution in [0.15, 0.2) is 17.2 Å². The molecule has 0 saturated carbocycles. The molecule has 0 radical (unpaired) electrons. The molecule has 0 aliphatic heterocycles. The van der Waals surface area contributed by atoms with Gasteiger partial charge in [0.2, 0.25) is 5.75 Å². The predicted octanol–water partition coefficient (Wildman–Crippen LogP) is 1.69. The number of rotatable bonds is 6. The molecular weight excluding hydrogens is 324 g/mol. The van der Waals surface area contributed by atoms with Crippen LogP contribution in [0.5, 0.6) is 17.2 Å². The van der Waals surface area contributed by atoms with E-state index in [1.54, 1.807) is 19.2 Å². The van der Waals surface area contributed by atoms with Crippen LogP contribution >= 0.6 is 0 Å². The lowest BCUT2D eigenvalue weighted by atomic mass is 10.2. The van der Waals surface area contributed by atoms with Crippen molar-refractivity contribution in [2.45, 2.75) is 19.3 Å². The van der Waals surface area contributed by atoms with Gasteiger partial charge in [-0.05, 0) is 31.4 Å². The van der Waals surface area contributed by atoms with E-state index in [1.807, 2.05) is 0 Å². The fraction of sp³-hybridized carbons (Fsp3) is 0.353. The molecule has 1 amide bonds. The molecule has 2 N–H and O–H groups in total. The molecule has 132 valence electrons. The van der Waals surface area contributed by atoms with Gasteiger partial charge in [0, 0.05) is 16.8 Å². The number of hydrogen-bond acceptors (Lipinski definition) is 6. The number of aromatic amines is 1. The number of benzene rings is 1. The average Bonchev–Trinajstić information content (AvgIpc) is 3.24. The second-order valence-electron chi connectivity index (χ2n) is 5.51. The van der Waals surface area contributed by atoms with E-state index in [-0.39, 0.29) is 5.91 Å². The summed E-state index contributed by atoms with van der Waals surface area (Å²) in [6, 6.07) is 3.51. The molecule has 1 aromatic carbocycles. The smallest absolute Gasteiger partial charge is 0.292 e. The number of nitrogens with zero attached hydrogens (tertiary/aromatic N) is 2. The van der Waals surface area contributed by atoms with Gasteiger partial charge in [0.15, 0.2) is 17.2 Å². The monoisotopic (exact) mass is 344 g/mol. The normalized spacial score (nSPS) is 12.9. The summed E-state index contributed by atoms with van der Waals surface area (Å²) in [4.78, 5) is 12.3. The van der Waals surface area contributed by atoms with Crippen LogP contribution in [0.3, 0.4) is 0 Å². The SMILES string of the molecule is COc1ccc(/C=N/NC(=O)c2n[nH]c3c2CCC3)c(OC)c1OC. The Morgan fingerprint density at radius 1 is 1.20 bits per heavy atom. The van der Waals surface area contributed by atoms with E-state index in [2.05, 4.69) is 20.7 Å². The minimum absolute atomic E-state index is 0.338. The van der Waals surface area contributed by atoms with Crippen LogP contribution in [0.25, 0.3) is 0 Å². The molecule has 0 bridgehead atoms. The van der Waals surface area contributed by atoms with E-state index >= 15 is 0 Å². The standard InChI is InChI=1S/C17H20N4O4/c1-23-13-8-7-10(15(24-2)16(13)25-3)9-18-21-17(22)14-11-5-4-6-12(11)19-20-14/h7-9H,4-6H2,1-3H3,(H,19,20)(H,21,22)/b18-9+. The second kappa shape index (κ2) is 7.25. The van der Waals surface area contributed by atoms with E-state index in [0.29, 0.717) is 28.5 Å². The van der Waals surface area contributed by atoms with E-state index in [0.717, 1.165) is 30.5 Å². The fourth-order valence-corrected chi connectivity index (χ4v) is 2.95. The van der Waals surface area contributed by atoms with Crippen molar-refractivity contribution in [2.24, 2.45) is 5.10 Å². The molecule has 25 heavy (non-hydrogen) atoms. The van der Waals surface area contributed by atoms with Crippen LogP contribution < -0.4 is 19.6 Å². The molecule has 1 aromatic heterocycles. The van der Waals surface area contributed by atoms with E-state index in [1.165, 1.54) is 20.4 Å². The molecule has 0 saturated heterocycles. The molecule has 2 aromatic rings. The highest BCUT2D eigenvalue weighted by Gasteiger charge is 2.22. The van der Waals surface area contributed by atoms with Crippen LogP contribution in [-0.4, -0.2) is 43.6 Å². The van der Waals surface area contributed by atoms with Crippen LogP contribution in [0.4, 0.5) is 0 Å². The minimum Gasteiger partial charge on any atom is -0.493 e. The third kappa shape index (κ3) is 3.15. The molecular formula is C17H20N4O4. The molecule has 0 unspecified atom stereocenters. The zero-order chi connectivity index (χ0) is 17.8. The summed E-state index contributed by atoms with van der Waals surface area (Å²) in [5.74, 6) is 1.15. The number of aryl methyl sites for hydroxylation is 1. The van der Waals surface area contributed by atoms with Gasteiger partial charge in [-0.3, -0.25) is 9.89 Å². The molecule has 0 fully saturated rings. The number of amides is 1. The number of carbonyl (C=O) groups is 1. The number of hydrogen-bond donors (Lipinski definition) is 2. The molecule has 3 rings (SSSR count). The topological polar surface area (TPSA) is 97.8 Å². The largest absolute Gasteiger partial charge is 0.493 e. The van der Waals surface area contributed by atoms with Crippen molar-refractivity contribution in [3.05, 3.63) is 34.6 Å². The van der Waals surface area contributed by atoms with Crippen LogP contribution in [0.2, 0.25) is 0 Å². The van der Waals surface area contributed by atoms with Gasteiger partial charge in [0.1, 0.15) is 0 Å². The first-order valence-electron chi connectivity index (χ1n) is 7.88. The van der Waals surface area contributed by atoms with Gasteiger partial charge in [-0.15, -0.1) is 0 Å². The number of H-pyrrole nitrogens is 1. The van der Waals surface area contributed by atoms with Crippen molar-refractivity contribution in [3.8, 4) is 17.2 Å². The second-order valence-corrected chi connectivity index (χ2v) is 5.51. The van der Waals surface area contributed by atoms with Crippen molar-refractivity contribution >= 4 is 12.1 Å². The Balaban J connectivity index is 1.77. The van der Waals surface area contributed by atoms with E-state index in [4.69, 9.17) is 14.2 Å². The van der Waals surface area contributed by atoms with Gasteiger partial charge in [0.25, 0.3) is 5.91 Å². The highest BCUT2D eigenvalue weighted by Crippen LogP contribution is 2.38. The summed E-state index contributed by atoms with van der Waals surface area (Å²) in [5.41, 5.74) is 5.57. The summed E-state index contributed by atoms with van der Waals surface area (Å²) in [7, 11) is 4.61. The highest BCUT2D eigenvalue weighted by atomic mass is 16.5. The number of carbonyl (C=O) groups excluding carboxylic acids is 1. The van der Waals surface area contributed by atoms with Gasteiger partial charge < -0.3 is 14.2 Å². The fourth-order valence-electron chi connectivity index (χ4n) is 2.95. The third-order valence-electron chi connectivity index (χ3n) is 4.13. The molecule has 1 aliphatic carbocycles. The maximum atomic E-state index is 12.3. The van der Waals surface area contributed by atoms with E-state index in [9.17, 15) is 4.79 Å². The first kappa shape index (κ1) is 16.8. The molecule has 8 heteroatoms. The molecule has 1 heterocycles. The Labute approximate surface area is 145 Å². The van der Waals surface area contributed by atoms with E-state index < -0.39 is 0 Å². The van der Waals surface area contributed by atoms with Gasteiger partial charge in [-0.2, -0.15) is 10.2 Å². The van der Waals surface area contributed by atoms with Crippen molar-refractivity contribution in [1.29, 1.82) is 0 Å². The highest BCUT2D eigenvalue weighted by molar-refractivity contribution is 5.95. The van der Waals surface area contributed by atoms with Crippen molar-refractivity contribution < 1.29 is 19.0 Å². The lowest BCUT2D eigenvalue weighted by molar-refractivity contribution is 0.0949. The zero-order valence-electron chi connectivity index (χ0n) is 14.4. The lowest BCUT2D eigenvalue weighted by Gasteiger charge is -2.13. The first-order valence-corrected chi connectivity index (χ1v) is 7.88. The number of ether oxygens (including phenoxy) is 3. The molecule has 1 aliphatic rings. The maximum absolute atomic E-state index is 12.3. The number of aromatic nitrogens is 2. The van der Waals surface area contributed by atoms with Crippen LogP contribution in [0.1, 0.15) is 33.7 Å². The lowest BCUT2D eigenvalue weighted by Crippen LogP contribution is -2.19. The Morgan fingerprint density at radius 3 is 2.72 bits per heavy atom. The first-order chi connectivity index (χ1) is 12.2. The third-order valence-corrected chi connectivity index (χ3v) is 4.13.